The van der Waals surface area contributed by atoms with Crippen LogP contribution >= 0.6 is 0 Å². The first-order valence-electron chi connectivity index (χ1n) is 7.96. The summed E-state index contributed by atoms with van der Waals surface area (Å²) < 4.78 is 7.74. The number of nitrogens with zero attached hydrogens (tertiary/aromatic N) is 6. The fraction of sp³-hybridized carbons (Fsp3) is 0.500. The van der Waals surface area contributed by atoms with Crippen LogP contribution in [0.25, 0.3) is 0 Å². The van der Waals surface area contributed by atoms with Crippen LogP contribution in [0.15, 0.2) is 24.4 Å². The number of carbonyl (C=O) groups is 1. The second-order valence-corrected chi connectivity index (χ2v) is 6.02. The first-order chi connectivity index (χ1) is 11.6. The average Bonchev–Trinajstić information content (AvgIpc) is 3.00. The third kappa shape index (κ3) is 3.38. The van der Waals surface area contributed by atoms with Gasteiger partial charge in [0.1, 0.15) is 12.4 Å². The number of likely N-dealkylation sites (N-methyl/N-ethyl adjacent to an activating group) is 1. The Balaban J connectivity index is 1.68. The molecule has 2 aromatic heterocycles. The maximum atomic E-state index is 11.9. The normalized spacial score (nSPS) is 17.4. The first kappa shape index (κ1) is 16.4. The molecule has 128 valence electrons. The number of carbonyl (C=O) groups excluding carboxylic acids is 1. The molecule has 1 aliphatic heterocycles. The Kier molecular flexibility index (Phi) is 4.75. The van der Waals surface area contributed by atoms with E-state index in [0.29, 0.717) is 19.0 Å². The molecule has 0 bridgehead atoms. The summed E-state index contributed by atoms with van der Waals surface area (Å²) in [4.78, 5) is 19.8. The third-order valence-electron chi connectivity index (χ3n) is 4.21. The molecular weight excluding hydrogens is 308 g/mol. The largest absolute Gasteiger partial charge is 0.469 e. The van der Waals surface area contributed by atoms with Crippen LogP contribution in [-0.4, -0.2) is 62.6 Å². The van der Waals surface area contributed by atoms with Crippen molar-refractivity contribution in [2.45, 2.75) is 26.1 Å². The summed E-state index contributed by atoms with van der Waals surface area (Å²) in [6, 6.07) is 5.57. The standard InChI is InChI=1S/C16H22N6O2/c1-12-16-19-18-13(11-24-14-6-4-5-7-17-14)22(16)9-8-21(12)10-15(23)20(2)3/h4-7,12H,8-11H2,1-3H3. The molecule has 2 aromatic rings. The molecule has 0 N–H and O–H groups in total. The molecule has 0 spiro atoms. The van der Waals surface area contributed by atoms with Gasteiger partial charge in [-0.05, 0) is 13.0 Å². The molecule has 24 heavy (non-hydrogen) atoms. The van der Waals surface area contributed by atoms with Gasteiger partial charge in [-0.1, -0.05) is 6.07 Å². The van der Waals surface area contributed by atoms with Crippen LogP contribution < -0.4 is 4.74 Å². The molecule has 8 heteroatoms. The molecule has 8 nitrogen and oxygen atoms in total. The molecule has 0 saturated heterocycles. The fourth-order valence-corrected chi connectivity index (χ4v) is 2.70. The Labute approximate surface area is 141 Å². The van der Waals surface area contributed by atoms with Crippen LogP contribution in [0.5, 0.6) is 5.88 Å². The lowest BCUT2D eigenvalue weighted by atomic mass is 10.2. The van der Waals surface area contributed by atoms with E-state index in [2.05, 4.69) is 24.6 Å². The van der Waals surface area contributed by atoms with E-state index in [9.17, 15) is 4.79 Å². The summed E-state index contributed by atoms with van der Waals surface area (Å²) in [7, 11) is 3.54. The van der Waals surface area contributed by atoms with Crippen molar-refractivity contribution in [2.75, 3.05) is 27.2 Å². The molecule has 3 heterocycles. The van der Waals surface area contributed by atoms with E-state index >= 15 is 0 Å². The monoisotopic (exact) mass is 330 g/mol. The third-order valence-corrected chi connectivity index (χ3v) is 4.21. The van der Waals surface area contributed by atoms with Gasteiger partial charge in [-0.25, -0.2) is 4.98 Å². The van der Waals surface area contributed by atoms with E-state index in [-0.39, 0.29) is 11.9 Å². The van der Waals surface area contributed by atoms with E-state index in [1.807, 2.05) is 25.1 Å². The van der Waals surface area contributed by atoms with Gasteiger partial charge in [0.25, 0.3) is 0 Å². The molecule has 1 atom stereocenters. The lowest BCUT2D eigenvalue weighted by molar-refractivity contribution is -0.130. The number of fused-ring (bicyclic) bond motifs is 1. The minimum atomic E-state index is 0.0405. The summed E-state index contributed by atoms with van der Waals surface area (Å²) in [5.41, 5.74) is 0. The lowest BCUT2D eigenvalue weighted by Crippen LogP contribution is -2.43. The van der Waals surface area contributed by atoms with E-state index in [1.54, 1.807) is 25.2 Å². The van der Waals surface area contributed by atoms with Gasteiger partial charge in [0.15, 0.2) is 5.82 Å². The lowest BCUT2D eigenvalue weighted by Gasteiger charge is -2.33. The molecule has 0 saturated carbocycles. The second-order valence-electron chi connectivity index (χ2n) is 6.02. The Morgan fingerprint density at radius 3 is 2.88 bits per heavy atom. The summed E-state index contributed by atoms with van der Waals surface area (Å²) >= 11 is 0. The zero-order valence-electron chi connectivity index (χ0n) is 14.2. The van der Waals surface area contributed by atoms with Crippen molar-refractivity contribution in [1.29, 1.82) is 0 Å². The number of pyridine rings is 1. The maximum absolute atomic E-state index is 11.9. The number of aromatic nitrogens is 4. The summed E-state index contributed by atoms with van der Waals surface area (Å²) in [5, 5.41) is 8.55. The van der Waals surface area contributed by atoms with Crippen molar-refractivity contribution in [3.05, 3.63) is 36.0 Å². The van der Waals surface area contributed by atoms with E-state index < -0.39 is 0 Å². The SMILES string of the molecule is CC1c2nnc(COc3ccccn3)n2CCN1CC(=O)N(C)C. The number of hydrogen-bond acceptors (Lipinski definition) is 6. The van der Waals surface area contributed by atoms with Crippen LogP contribution in [0.4, 0.5) is 0 Å². The van der Waals surface area contributed by atoms with Crippen molar-refractivity contribution in [3.63, 3.8) is 0 Å². The smallest absolute Gasteiger partial charge is 0.236 e. The number of ether oxygens (including phenoxy) is 1. The van der Waals surface area contributed by atoms with Gasteiger partial charge < -0.3 is 14.2 Å². The van der Waals surface area contributed by atoms with Crippen molar-refractivity contribution in [3.8, 4) is 5.88 Å². The van der Waals surface area contributed by atoms with Crippen LogP contribution in [0.1, 0.15) is 24.6 Å². The van der Waals surface area contributed by atoms with Gasteiger partial charge in [0.05, 0.1) is 12.6 Å². The topological polar surface area (TPSA) is 76.4 Å². The summed E-state index contributed by atoms with van der Waals surface area (Å²) in [5.74, 6) is 2.30. The predicted molar refractivity (Wildman–Crippen MR) is 87.3 cm³/mol. The minimum absolute atomic E-state index is 0.0405. The molecular formula is C16H22N6O2. The number of amides is 1. The van der Waals surface area contributed by atoms with Crippen molar-refractivity contribution >= 4 is 5.91 Å². The summed E-state index contributed by atoms with van der Waals surface area (Å²) in [6.07, 6.45) is 1.69. The molecule has 0 radical (unpaired) electrons. The van der Waals surface area contributed by atoms with Crippen molar-refractivity contribution in [1.82, 2.24) is 29.5 Å². The second kappa shape index (κ2) is 6.96. The number of rotatable bonds is 5. The van der Waals surface area contributed by atoms with Crippen LogP contribution in [0, 0.1) is 0 Å². The summed E-state index contributed by atoms with van der Waals surface area (Å²) in [6.45, 7) is 4.29. The molecule has 3 rings (SSSR count). The highest BCUT2D eigenvalue weighted by molar-refractivity contribution is 5.77. The molecule has 0 fully saturated rings. The highest BCUT2D eigenvalue weighted by Crippen LogP contribution is 2.24. The molecule has 0 aromatic carbocycles. The van der Waals surface area contributed by atoms with Crippen LogP contribution in [0.2, 0.25) is 0 Å². The number of hydrogen-bond donors (Lipinski definition) is 0. The van der Waals surface area contributed by atoms with E-state index in [0.717, 1.165) is 24.7 Å². The van der Waals surface area contributed by atoms with Crippen LogP contribution in [0.3, 0.4) is 0 Å². The fourth-order valence-electron chi connectivity index (χ4n) is 2.70. The van der Waals surface area contributed by atoms with E-state index in [4.69, 9.17) is 4.74 Å². The highest BCUT2D eigenvalue weighted by atomic mass is 16.5. The Morgan fingerprint density at radius 1 is 1.33 bits per heavy atom. The van der Waals surface area contributed by atoms with Gasteiger partial charge >= 0.3 is 0 Å². The van der Waals surface area contributed by atoms with Crippen molar-refractivity contribution in [2.24, 2.45) is 0 Å². The predicted octanol–water partition coefficient (Wildman–Crippen LogP) is 0.717. The van der Waals surface area contributed by atoms with Crippen LogP contribution in [-0.2, 0) is 17.9 Å². The first-order valence-corrected chi connectivity index (χ1v) is 7.96. The Bertz CT molecular complexity index is 700. The Morgan fingerprint density at radius 2 is 2.17 bits per heavy atom. The van der Waals surface area contributed by atoms with Gasteiger partial charge in [-0.3, -0.25) is 9.69 Å². The quantitative estimate of drug-likeness (QED) is 0.804. The molecule has 1 aliphatic rings. The Hall–Kier alpha value is -2.48. The maximum Gasteiger partial charge on any atom is 0.236 e. The van der Waals surface area contributed by atoms with Gasteiger partial charge in [0, 0.05) is 39.4 Å². The van der Waals surface area contributed by atoms with E-state index in [1.165, 1.54) is 0 Å². The van der Waals surface area contributed by atoms with Gasteiger partial charge in [-0.2, -0.15) is 0 Å². The van der Waals surface area contributed by atoms with Gasteiger partial charge in [-0.15, -0.1) is 10.2 Å². The molecule has 1 amide bonds. The highest BCUT2D eigenvalue weighted by Gasteiger charge is 2.29. The van der Waals surface area contributed by atoms with Gasteiger partial charge in [0.2, 0.25) is 11.8 Å². The van der Waals surface area contributed by atoms with Crippen molar-refractivity contribution < 1.29 is 9.53 Å². The molecule has 0 aliphatic carbocycles. The average molecular weight is 330 g/mol. The zero-order chi connectivity index (χ0) is 17.1. The molecule has 1 unspecified atom stereocenters. The minimum Gasteiger partial charge on any atom is -0.469 e. The zero-order valence-corrected chi connectivity index (χ0v) is 14.2.